The van der Waals surface area contributed by atoms with E-state index in [1.807, 2.05) is 89.5 Å². The summed E-state index contributed by atoms with van der Waals surface area (Å²) in [7, 11) is -2.62. The fourth-order valence-electron chi connectivity index (χ4n) is 4.25. The van der Waals surface area contributed by atoms with Crippen molar-refractivity contribution in [2.45, 2.75) is 6.92 Å². The van der Waals surface area contributed by atoms with E-state index in [0.29, 0.717) is 5.82 Å². The van der Waals surface area contributed by atoms with Crippen molar-refractivity contribution >= 4 is 34.8 Å². The molecule has 6 heteroatoms. The summed E-state index contributed by atoms with van der Waals surface area (Å²) in [5, 5.41) is 3.24. The summed E-state index contributed by atoms with van der Waals surface area (Å²) in [6, 6.07) is 40.7. The fraction of sp³-hybridized carbons (Fsp3) is 0.0667. The zero-order valence-electron chi connectivity index (χ0n) is 19.9. The number of imidazole rings is 1. The summed E-state index contributed by atoms with van der Waals surface area (Å²) < 4.78 is 12.8. The molecule has 0 aliphatic carbocycles. The summed E-state index contributed by atoms with van der Waals surface area (Å²) >= 11 is 0. The first-order valence-corrected chi connectivity index (χ1v) is 13.6. The number of nitrogens with zero attached hydrogens (tertiary/aromatic N) is 3. The highest BCUT2D eigenvalue weighted by Gasteiger charge is 2.30. The number of ether oxygens (including phenoxy) is 1. The number of hydrogen-bond acceptors (Lipinski definition) is 4. The van der Waals surface area contributed by atoms with Crippen molar-refractivity contribution in [1.29, 1.82) is 0 Å². The number of benzene rings is 4. The van der Waals surface area contributed by atoms with Gasteiger partial charge in [0.15, 0.2) is 11.5 Å². The number of hydrogen-bond donors (Lipinski definition) is 0. The summed E-state index contributed by atoms with van der Waals surface area (Å²) in [6.07, 6.45) is 1.65. The molecule has 0 spiro atoms. The van der Waals surface area contributed by atoms with Gasteiger partial charge in [0.25, 0.3) is 0 Å². The van der Waals surface area contributed by atoms with Crippen LogP contribution in [-0.2, 0) is 4.74 Å². The Balaban J connectivity index is 1.93. The monoisotopic (exact) mass is 491 g/mol. The van der Waals surface area contributed by atoms with E-state index in [2.05, 4.69) is 41.4 Å². The van der Waals surface area contributed by atoms with Crippen molar-refractivity contribution in [3.05, 3.63) is 133 Å². The molecular weight excluding hydrogens is 465 g/mol. The van der Waals surface area contributed by atoms with Crippen LogP contribution in [0.4, 0.5) is 5.82 Å². The number of carbonyl (C=O) groups is 1. The van der Waals surface area contributed by atoms with E-state index in [4.69, 9.17) is 9.48 Å². The third-order valence-electron chi connectivity index (χ3n) is 5.88. The molecular formula is C30H26N3O2P. The van der Waals surface area contributed by atoms with Gasteiger partial charge >= 0.3 is 5.97 Å². The van der Waals surface area contributed by atoms with E-state index in [9.17, 15) is 4.79 Å². The molecule has 1 heterocycles. The predicted octanol–water partition coefficient (Wildman–Crippen LogP) is 5.86. The minimum absolute atomic E-state index is 0.202. The van der Waals surface area contributed by atoms with Gasteiger partial charge in [0.2, 0.25) is 0 Å². The average Bonchev–Trinajstić information content (AvgIpc) is 3.37. The average molecular weight is 492 g/mol. The van der Waals surface area contributed by atoms with Gasteiger partial charge in [-0.1, -0.05) is 109 Å². The zero-order chi connectivity index (χ0) is 24.8. The van der Waals surface area contributed by atoms with Gasteiger partial charge in [0, 0.05) is 21.6 Å². The Kier molecular flexibility index (Phi) is 6.92. The molecule has 1 aromatic heterocycles. The molecule has 0 aliphatic heterocycles. The number of para-hydroxylation sites is 1. The molecule has 0 saturated heterocycles. The molecule has 5 nitrogen and oxygen atoms in total. The Morgan fingerprint density at radius 2 is 1.19 bits per heavy atom. The van der Waals surface area contributed by atoms with Crippen molar-refractivity contribution in [3.63, 3.8) is 0 Å². The summed E-state index contributed by atoms with van der Waals surface area (Å²) in [5.74, 6) is -0.0113. The zero-order valence-corrected chi connectivity index (χ0v) is 20.8. The lowest BCUT2D eigenvalue weighted by atomic mass is 10.3. The van der Waals surface area contributed by atoms with E-state index in [1.165, 1.54) is 0 Å². The van der Waals surface area contributed by atoms with Crippen molar-refractivity contribution in [2.24, 2.45) is 4.74 Å². The Bertz CT molecular complexity index is 1400. The second-order valence-electron chi connectivity index (χ2n) is 8.08. The maximum Gasteiger partial charge on any atom is 0.360 e. The molecule has 4 aromatic carbocycles. The molecule has 0 amide bonds. The summed E-state index contributed by atoms with van der Waals surface area (Å²) in [4.78, 5) is 17.5. The van der Waals surface area contributed by atoms with Gasteiger partial charge in [-0.3, -0.25) is 4.57 Å². The first kappa shape index (κ1) is 23.5. The molecule has 36 heavy (non-hydrogen) atoms. The van der Waals surface area contributed by atoms with Crippen molar-refractivity contribution in [2.75, 3.05) is 6.61 Å². The van der Waals surface area contributed by atoms with Gasteiger partial charge in [-0.2, -0.15) is 0 Å². The molecule has 178 valence electrons. The minimum Gasteiger partial charge on any atom is -0.461 e. The highest BCUT2D eigenvalue weighted by atomic mass is 31.2. The molecule has 0 atom stereocenters. The van der Waals surface area contributed by atoms with E-state index in [-0.39, 0.29) is 12.3 Å². The van der Waals surface area contributed by atoms with Crippen LogP contribution in [-0.4, -0.2) is 22.1 Å². The first-order valence-electron chi connectivity index (χ1n) is 11.8. The van der Waals surface area contributed by atoms with Crippen LogP contribution in [0.1, 0.15) is 17.4 Å². The van der Waals surface area contributed by atoms with Crippen molar-refractivity contribution < 1.29 is 9.53 Å². The van der Waals surface area contributed by atoms with Gasteiger partial charge in [0.1, 0.15) is 6.33 Å². The SMILES string of the molecule is CCOC(=O)c1ncn(-c2ccccc2)c1N=P(c1ccccc1)(c1ccccc1)c1ccccc1. The third-order valence-corrected chi connectivity index (χ3v) is 9.51. The first-order chi connectivity index (χ1) is 17.7. The molecule has 5 aromatic rings. The lowest BCUT2D eigenvalue weighted by molar-refractivity contribution is 0.0521. The third kappa shape index (κ3) is 4.41. The van der Waals surface area contributed by atoms with E-state index >= 15 is 0 Å². The van der Waals surface area contributed by atoms with Crippen LogP contribution >= 0.6 is 7.05 Å². The predicted molar refractivity (Wildman–Crippen MR) is 147 cm³/mol. The number of aromatic nitrogens is 2. The largest absolute Gasteiger partial charge is 0.461 e. The number of rotatable bonds is 7. The Labute approximate surface area is 211 Å². The molecule has 0 fully saturated rings. The normalized spacial score (nSPS) is 11.1. The molecule has 0 N–H and O–H groups in total. The molecule has 0 unspecified atom stereocenters. The summed E-state index contributed by atoms with van der Waals surface area (Å²) in [6.45, 7) is 2.05. The lowest BCUT2D eigenvalue weighted by Crippen LogP contribution is -2.25. The van der Waals surface area contributed by atoms with Crippen LogP contribution in [0.25, 0.3) is 5.69 Å². The standard InChI is InChI=1S/C30H26N3O2P/c1-2-35-30(34)28-29(33(23-31-28)24-15-7-3-8-16-24)32-36(25-17-9-4-10-18-25,26-19-11-5-12-20-26)27-21-13-6-14-22-27/h3-23H,2H2,1H3. The summed E-state index contributed by atoms with van der Waals surface area (Å²) in [5.41, 5.74) is 1.07. The fourth-order valence-corrected chi connectivity index (χ4v) is 7.78. The topological polar surface area (TPSA) is 56.5 Å². The van der Waals surface area contributed by atoms with Gasteiger partial charge in [-0.15, -0.1) is 0 Å². The van der Waals surface area contributed by atoms with E-state index in [1.54, 1.807) is 13.3 Å². The minimum atomic E-state index is -2.62. The molecule has 0 saturated carbocycles. The Morgan fingerprint density at radius 3 is 1.64 bits per heavy atom. The van der Waals surface area contributed by atoms with Crippen molar-refractivity contribution in [3.8, 4) is 5.69 Å². The van der Waals surface area contributed by atoms with Crippen LogP contribution in [0.2, 0.25) is 0 Å². The van der Waals surface area contributed by atoms with Crippen LogP contribution in [0, 0.1) is 0 Å². The lowest BCUT2D eigenvalue weighted by Gasteiger charge is -2.27. The molecule has 0 bridgehead atoms. The maximum absolute atomic E-state index is 13.1. The second kappa shape index (κ2) is 10.6. The Hall–Kier alpha value is -4.21. The molecule has 0 aliphatic rings. The quantitative estimate of drug-likeness (QED) is 0.212. The number of esters is 1. The van der Waals surface area contributed by atoms with Gasteiger partial charge in [0.05, 0.1) is 13.7 Å². The van der Waals surface area contributed by atoms with Crippen LogP contribution in [0.5, 0.6) is 0 Å². The van der Waals surface area contributed by atoms with Gasteiger partial charge < -0.3 is 4.74 Å². The van der Waals surface area contributed by atoms with Crippen LogP contribution < -0.4 is 15.9 Å². The van der Waals surface area contributed by atoms with E-state index < -0.39 is 13.0 Å². The molecule has 5 rings (SSSR count). The smallest absolute Gasteiger partial charge is 0.360 e. The second-order valence-corrected chi connectivity index (χ2v) is 11.1. The van der Waals surface area contributed by atoms with Crippen LogP contribution in [0.15, 0.2) is 132 Å². The van der Waals surface area contributed by atoms with Gasteiger partial charge in [-0.05, 0) is 19.1 Å². The number of carbonyl (C=O) groups excluding carboxylic acids is 1. The highest BCUT2D eigenvalue weighted by molar-refractivity contribution is 7.87. The maximum atomic E-state index is 13.1. The highest BCUT2D eigenvalue weighted by Crippen LogP contribution is 2.50. The van der Waals surface area contributed by atoms with Gasteiger partial charge in [-0.25, -0.2) is 14.5 Å². The van der Waals surface area contributed by atoms with Crippen molar-refractivity contribution in [1.82, 2.24) is 9.55 Å². The van der Waals surface area contributed by atoms with E-state index in [0.717, 1.165) is 21.6 Å². The Morgan fingerprint density at radius 1 is 0.750 bits per heavy atom. The molecule has 0 radical (unpaired) electrons. The van der Waals surface area contributed by atoms with Crippen LogP contribution in [0.3, 0.4) is 0 Å².